The molecule has 0 spiro atoms. The summed E-state index contributed by atoms with van der Waals surface area (Å²) in [6.45, 7) is 4.16. The predicted octanol–water partition coefficient (Wildman–Crippen LogP) is 2.41. The standard InChI is InChI=1S/C12H23NO2/c1-3-5-11(12(14)15)13-10(4-2)8-9-6-7-9/h9-11,13H,3-8H2,1-2H3,(H,14,15). The molecule has 88 valence electrons. The van der Waals surface area contributed by atoms with Crippen molar-refractivity contribution < 1.29 is 9.90 Å². The van der Waals surface area contributed by atoms with Crippen molar-refractivity contribution in [2.75, 3.05) is 0 Å². The third kappa shape index (κ3) is 4.65. The lowest BCUT2D eigenvalue weighted by atomic mass is 10.0. The molecule has 0 heterocycles. The predicted molar refractivity (Wildman–Crippen MR) is 60.9 cm³/mol. The summed E-state index contributed by atoms with van der Waals surface area (Å²) in [7, 11) is 0. The lowest BCUT2D eigenvalue weighted by Gasteiger charge is -2.21. The largest absolute Gasteiger partial charge is 0.480 e. The lowest BCUT2D eigenvalue weighted by Crippen LogP contribution is -2.43. The van der Waals surface area contributed by atoms with Crippen molar-refractivity contribution >= 4 is 5.97 Å². The molecular weight excluding hydrogens is 190 g/mol. The van der Waals surface area contributed by atoms with E-state index in [1.807, 2.05) is 6.92 Å². The molecule has 1 aliphatic rings. The summed E-state index contributed by atoms with van der Waals surface area (Å²) in [6, 6.07) is 0.0452. The van der Waals surface area contributed by atoms with E-state index < -0.39 is 5.97 Å². The number of carboxylic acid groups (broad SMARTS) is 1. The van der Waals surface area contributed by atoms with Gasteiger partial charge in [-0.3, -0.25) is 4.79 Å². The van der Waals surface area contributed by atoms with E-state index in [2.05, 4.69) is 12.2 Å². The summed E-state index contributed by atoms with van der Waals surface area (Å²) < 4.78 is 0. The monoisotopic (exact) mass is 213 g/mol. The number of nitrogens with one attached hydrogen (secondary N) is 1. The van der Waals surface area contributed by atoms with Crippen LogP contribution in [0.3, 0.4) is 0 Å². The zero-order valence-electron chi connectivity index (χ0n) is 9.83. The van der Waals surface area contributed by atoms with Gasteiger partial charge in [0.05, 0.1) is 0 Å². The maximum Gasteiger partial charge on any atom is 0.320 e. The molecule has 0 bridgehead atoms. The van der Waals surface area contributed by atoms with Crippen molar-refractivity contribution in [3.63, 3.8) is 0 Å². The molecule has 0 aliphatic heterocycles. The van der Waals surface area contributed by atoms with Gasteiger partial charge in [0.1, 0.15) is 6.04 Å². The van der Waals surface area contributed by atoms with E-state index in [4.69, 9.17) is 5.11 Å². The minimum atomic E-state index is -0.703. The summed E-state index contributed by atoms with van der Waals surface area (Å²) in [5.41, 5.74) is 0. The summed E-state index contributed by atoms with van der Waals surface area (Å²) in [4.78, 5) is 11.0. The number of rotatable bonds is 8. The van der Waals surface area contributed by atoms with E-state index in [1.165, 1.54) is 12.8 Å². The van der Waals surface area contributed by atoms with Crippen LogP contribution in [-0.2, 0) is 4.79 Å². The minimum absolute atomic E-state index is 0.348. The van der Waals surface area contributed by atoms with Crippen molar-refractivity contribution in [3.05, 3.63) is 0 Å². The van der Waals surface area contributed by atoms with E-state index in [9.17, 15) is 4.79 Å². The van der Waals surface area contributed by atoms with Crippen LogP contribution in [0.1, 0.15) is 52.4 Å². The SMILES string of the molecule is CCCC(NC(CC)CC1CC1)C(=O)O. The molecule has 1 rings (SSSR count). The molecule has 0 radical (unpaired) electrons. The first-order valence-corrected chi connectivity index (χ1v) is 6.16. The van der Waals surface area contributed by atoms with E-state index in [0.717, 1.165) is 31.6 Å². The second kappa shape index (κ2) is 6.11. The van der Waals surface area contributed by atoms with Crippen LogP contribution in [0.2, 0.25) is 0 Å². The summed E-state index contributed by atoms with van der Waals surface area (Å²) in [6.07, 6.45) is 6.52. The number of carboxylic acids is 1. The first-order chi connectivity index (χ1) is 7.17. The molecule has 3 heteroatoms. The third-order valence-corrected chi connectivity index (χ3v) is 3.12. The molecule has 0 aromatic carbocycles. The van der Waals surface area contributed by atoms with Gasteiger partial charge < -0.3 is 10.4 Å². The molecule has 0 aromatic heterocycles. The molecular formula is C12H23NO2. The number of aliphatic carboxylic acids is 1. The smallest absolute Gasteiger partial charge is 0.320 e. The highest BCUT2D eigenvalue weighted by Crippen LogP contribution is 2.34. The highest BCUT2D eigenvalue weighted by molar-refractivity contribution is 5.73. The van der Waals surface area contributed by atoms with Gasteiger partial charge >= 0.3 is 5.97 Å². The van der Waals surface area contributed by atoms with Gasteiger partial charge in [-0.1, -0.05) is 33.1 Å². The van der Waals surface area contributed by atoms with Crippen LogP contribution in [-0.4, -0.2) is 23.2 Å². The van der Waals surface area contributed by atoms with Gasteiger partial charge in [-0.2, -0.15) is 0 Å². The van der Waals surface area contributed by atoms with Crippen LogP contribution in [0.5, 0.6) is 0 Å². The Labute approximate surface area is 92.3 Å². The fourth-order valence-electron chi connectivity index (χ4n) is 1.96. The van der Waals surface area contributed by atoms with Crippen LogP contribution in [0, 0.1) is 5.92 Å². The number of hydrogen-bond acceptors (Lipinski definition) is 2. The van der Waals surface area contributed by atoms with Gasteiger partial charge in [0.25, 0.3) is 0 Å². The molecule has 1 saturated carbocycles. The average molecular weight is 213 g/mol. The second-order valence-electron chi connectivity index (χ2n) is 4.63. The quantitative estimate of drug-likeness (QED) is 0.651. The van der Waals surface area contributed by atoms with E-state index in [-0.39, 0.29) is 6.04 Å². The highest BCUT2D eigenvalue weighted by Gasteiger charge is 2.27. The van der Waals surface area contributed by atoms with Crippen molar-refractivity contribution in [2.45, 2.75) is 64.5 Å². The Morgan fingerprint density at radius 3 is 2.53 bits per heavy atom. The Balaban J connectivity index is 2.34. The third-order valence-electron chi connectivity index (χ3n) is 3.12. The Morgan fingerprint density at radius 2 is 2.13 bits per heavy atom. The normalized spacial score (nSPS) is 19.9. The number of carbonyl (C=O) groups is 1. The zero-order chi connectivity index (χ0) is 11.3. The van der Waals surface area contributed by atoms with Gasteiger partial charge in [0, 0.05) is 6.04 Å². The Morgan fingerprint density at radius 1 is 1.47 bits per heavy atom. The van der Waals surface area contributed by atoms with E-state index in [0.29, 0.717) is 6.04 Å². The molecule has 2 atom stereocenters. The van der Waals surface area contributed by atoms with Crippen molar-refractivity contribution in [1.29, 1.82) is 0 Å². The molecule has 15 heavy (non-hydrogen) atoms. The van der Waals surface area contributed by atoms with Crippen LogP contribution in [0.15, 0.2) is 0 Å². The molecule has 0 saturated heterocycles. The molecule has 2 unspecified atom stereocenters. The molecule has 0 amide bonds. The molecule has 1 fully saturated rings. The first-order valence-electron chi connectivity index (χ1n) is 6.16. The van der Waals surface area contributed by atoms with Crippen LogP contribution in [0.25, 0.3) is 0 Å². The summed E-state index contributed by atoms with van der Waals surface area (Å²) in [5.74, 6) is 0.157. The van der Waals surface area contributed by atoms with Gasteiger partial charge in [0.15, 0.2) is 0 Å². The molecule has 3 nitrogen and oxygen atoms in total. The van der Waals surface area contributed by atoms with E-state index >= 15 is 0 Å². The van der Waals surface area contributed by atoms with Gasteiger partial charge in [-0.15, -0.1) is 0 Å². The first kappa shape index (κ1) is 12.5. The Hall–Kier alpha value is -0.570. The Bertz CT molecular complexity index is 202. The zero-order valence-corrected chi connectivity index (χ0v) is 9.83. The lowest BCUT2D eigenvalue weighted by molar-refractivity contribution is -0.140. The van der Waals surface area contributed by atoms with Crippen LogP contribution in [0.4, 0.5) is 0 Å². The van der Waals surface area contributed by atoms with Crippen LogP contribution < -0.4 is 5.32 Å². The molecule has 1 aliphatic carbocycles. The fourth-order valence-corrected chi connectivity index (χ4v) is 1.96. The summed E-state index contributed by atoms with van der Waals surface area (Å²) >= 11 is 0. The van der Waals surface area contributed by atoms with Crippen molar-refractivity contribution in [1.82, 2.24) is 5.32 Å². The number of hydrogen-bond donors (Lipinski definition) is 2. The van der Waals surface area contributed by atoms with Crippen molar-refractivity contribution in [3.8, 4) is 0 Å². The fraction of sp³-hybridized carbons (Fsp3) is 0.917. The van der Waals surface area contributed by atoms with Crippen molar-refractivity contribution in [2.24, 2.45) is 5.92 Å². The van der Waals surface area contributed by atoms with Gasteiger partial charge in [0.2, 0.25) is 0 Å². The van der Waals surface area contributed by atoms with Gasteiger partial charge in [-0.25, -0.2) is 0 Å². The summed E-state index contributed by atoms with van der Waals surface area (Å²) in [5, 5.41) is 12.3. The molecule has 2 N–H and O–H groups in total. The van der Waals surface area contributed by atoms with Crippen LogP contribution >= 0.6 is 0 Å². The molecule has 0 aromatic rings. The van der Waals surface area contributed by atoms with Gasteiger partial charge in [-0.05, 0) is 25.2 Å². The maximum atomic E-state index is 11.0. The minimum Gasteiger partial charge on any atom is -0.480 e. The highest BCUT2D eigenvalue weighted by atomic mass is 16.4. The van der Waals surface area contributed by atoms with E-state index in [1.54, 1.807) is 0 Å². The maximum absolute atomic E-state index is 11.0. The topological polar surface area (TPSA) is 49.3 Å². The Kier molecular flexibility index (Phi) is 5.09. The second-order valence-corrected chi connectivity index (χ2v) is 4.63. The average Bonchev–Trinajstić information content (AvgIpc) is 2.99.